The second-order valence-corrected chi connectivity index (χ2v) is 3.15. The normalized spacial score (nSPS) is 37.1. The molecule has 1 fully saturated rings. The Morgan fingerprint density at radius 2 is 2.60 bits per heavy atom. The van der Waals surface area contributed by atoms with Crippen LogP contribution in [0.15, 0.2) is 12.7 Å². The fraction of sp³-hybridized carbons (Fsp3) is 0.625. The molecule has 0 aliphatic heterocycles. The fourth-order valence-electron chi connectivity index (χ4n) is 1.26. The van der Waals surface area contributed by atoms with Gasteiger partial charge in [0, 0.05) is 0 Å². The molecule has 1 aliphatic carbocycles. The minimum Gasteiger partial charge on any atom is -0.481 e. The topological polar surface area (TPSA) is 37.3 Å². The molecular formula is C8H12O2. The predicted octanol–water partition coefficient (Wildman–Crippen LogP) is 1.67. The third-order valence-corrected chi connectivity index (χ3v) is 2.35. The van der Waals surface area contributed by atoms with Crippen molar-refractivity contribution in [2.75, 3.05) is 0 Å². The number of carbonyl (C=O) groups is 1. The molecule has 0 heterocycles. The summed E-state index contributed by atoms with van der Waals surface area (Å²) in [7, 11) is 0. The first-order valence-electron chi connectivity index (χ1n) is 3.45. The molecule has 0 saturated heterocycles. The number of carboxylic acid groups (broad SMARTS) is 1. The van der Waals surface area contributed by atoms with Gasteiger partial charge < -0.3 is 5.11 Å². The molecule has 2 heteroatoms. The summed E-state index contributed by atoms with van der Waals surface area (Å²) in [5, 5.41) is 8.68. The Hall–Kier alpha value is -0.790. The van der Waals surface area contributed by atoms with E-state index < -0.39 is 11.4 Å². The van der Waals surface area contributed by atoms with Crippen molar-refractivity contribution in [3.8, 4) is 0 Å². The summed E-state index contributed by atoms with van der Waals surface area (Å²) < 4.78 is 0. The van der Waals surface area contributed by atoms with Crippen molar-refractivity contribution in [2.24, 2.45) is 11.3 Å². The van der Waals surface area contributed by atoms with E-state index in [1.54, 1.807) is 13.0 Å². The maximum absolute atomic E-state index is 10.5. The van der Waals surface area contributed by atoms with E-state index in [9.17, 15) is 4.79 Å². The standard InChI is InChI=1S/C8H12O2/c1-3-4-6-5-8(6,2)7(9)10/h3,6H,1,4-5H2,2H3,(H,9,10)/t6-,8-/m0/s1. The molecule has 10 heavy (non-hydrogen) atoms. The van der Waals surface area contributed by atoms with Crippen molar-refractivity contribution in [2.45, 2.75) is 19.8 Å². The minimum absolute atomic E-state index is 0.336. The average Bonchev–Trinajstić information content (AvgIpc) is 2.45. The Morgan fingerprint density at radius 3 is 2.90 bits per heavy atom. The van der Waals surface area contributed by atoms with Gasteiger partial charge in [0.05, 0.1) is 5.41 Å². The van der Waals surface area contributed by atoms with Gasteiger partial charge in [-0.05, 0) is 25.7 Å². The van der Waals surface area contributed by atoms with Gasteiger partial charge in [0.1, 0.15) is 0 Å². The Kier molecular flexibility index (Phi) is 1.55. The fourth-order valence-corrected chi connectivity index (χ4v) is 1.26. The summed E-state index contributed by atoms with van der Waals surface area (Å²) in [4.78, 5) is 10.5. The first kappa shape index (κ1) is 7.32. The second kappa shape index (κ2) is 2.11. The minimum atomic E-state index is -0.667. The third-order valence-electron chi connectivity index (χ3n) is 2.35. The summed E-state index contributed by atoms with van der Waals surface area (Å²) in [6.07, 6.45) is 3.44. The number of hydrogen-bond acceptors (Lipinski definition) is 1. The summed E-state index contributed by atoms with van der Waals surface area (Å²) in [6.45, 7) is 5.37. The number of carboxylic acids is 1. The maximum Gasteiger partial charge on any atom is 0.309 e. The number of rotatable bonds is 3. The van der Waals surface area contributed by atoms with Crippen molar-refractivity contribution in [3.63, 3.8) is 0 Å². The molecule has 1 N–H and O–H groups in total. The van der Waals surface area contributed by atoms with Crippen LogP contribution < -0.4 is 0 Å². The molecule has 0 aromatic heterocycles. The zero-order valence-corrected chi connectivity index (χ0v) is 6.13. The maximum atomic E-state index is 10.5. The van der Waals surface area contributed by atoms with Gasteiger partial charge in [-0.3, -0.25) is 4.79 Å². The van der Waals surface area contributed by atoms with Gasteiger partial charge >= 0.3 is 5.97 Å². The van der Waals surface area contributed by atoms with Gasteiger partial charge in [-0.15, -0.1) is 6.58 Å². The first-order chi connectivity index (χ1) is 4.61. The lowest BCUT2D eigenvalue weighted by molar-refractivity contribution is -0.143. The van der Waals surface area contributed by atoms with Crippen molar-refractivity contribution < 1.29 is 9.90 Å². The largest absolute Gasteiger partial charge is 0.481 e. The Balaban J connectivity index is 2.48. The van der Waals surface area contributed by atoms with Gasteiger partial charge in [-0.25, -0.2) is 0 Å². The molecule has 0 unspecified atom stereocenters. The highest BCUT2D eigenvalue weighted by Gasteiger charge is 2.55. The molecule has 0 aromatic carbocycles. The summed E-state index contributed by atoms with van der Waals surface area (Å²) in [5.74, 6) is -0.332. The van der Waals surface area contributed by atoms with E-state index in [1.807, 2.05) is 0 Å². The van der Waals surface area contributed by atoms with Crippen LogP contribution in [-0.2, 0) is 4.79 Å². The van der Waals surface area contributed by atoms with Crippen molar-refractivity contribution in [1.29, 1.82) is 0 Å². The van der Waals surface area contributed by atoms with Crippen molar-refractivity contribution in [3.05, 3.63) is 12.7 Å². The monoisotopic (exact) mass is 140 g/mol. The second-order valence-electron chi connectivity index (χ2n) is 3.15. The van der Waals surface area contributed by atoms with Crippen LogP contribution in [0.5, 0.6) is 0 Å². The van der Waals surface area contributed by atoms with Gasteiger partial charge in [-0.1, -0.05) is 6.08 Å². The lowest BCUT2D eigenvalue weighted by atomic mass is 10.1. The highest BCUT2D eigenvalue weighted by atomic mass is 16.4. The smallest absolute Gasteiger partial charge is 0.309 e. The Bertz CT molecular complexity index is 174. The quantitative estimate of drug-likeness (QED) is 0.605. The van der Waals surface area contributed by atoms with Crippen molar-refractivity contribution in [1.82, 2.24) is 0 Å². The van der Waals surface area contributed by atoms with Crippen LogP contribution in [0.1, 0.15) is 19.8 Å². The lowest BCUT2D eigenvalue weighted by Gasteiger charge is -2.00. The lowest BCUT2D eigenvalue weighted by Crippen LogP contribution is -2.12. The average molecular weight is 140 g/mol. The van der Waals surface area contributed by atoms with E-state index in [0.717, 1.165) is 12.8 Å². The molecule has 0 spiro atoms. The van der Waals surface area contributed by atoms with E-state index >= 15 is 0 Å². The van der Waals surface area contributed by atoms with Gasteiger partial charge in [0.15, 0.2) is 0 Å². The zero-order valence-electron chi connectivity index (χ0n) is 6.13. The van der Waals surface area contributed by atoms with Crippen LogP contribution >= 0.6 is 0 Å². The predicted molar refractivity (Wildman–Crippen MR) is 38.7 cm³/mol. The molecule has 0 bridgehead atoms. The van der Waals surface area contributed by atoms with Crippen LogP contribution in [0.4, 0.5) is 0 Å². The number of aliphatic carboxylic acids is 1. The highest BCUT2D eigenvalue weighted by Crippen LogP contribution is 2.54. The van der Waals surface area contributed by atoms with E-state index in [0.29, 0.717) is 5.92 Å². The van der Waals surface area contributed by atoms with E-state index in [4.69, 9.17) is 5.11 Å². The molecule has 1 rings (SSSR count). The van der Waals surface area contributed by atoms with E-state index in [2.05, 4.69) is 6.58 Å². The molecule has 1 aliphatic rings. The number of hydrogen-bond donors (Lipinski definition) is 1. The molecule has 56 valence electrons. The number of allylic oxidation sites excluding steroid dienone is 1. The van der Waals surface area contributed by atoms with Crippen LogP contribution in [0.3, 0.4) is 0 Å². The SMILES string of the molecule is C=CC[C@H]1C[C@]1(C)C(=O)O. The Labute approximate surface area is 60.6 Å². The molecule has 1 saturated carbocycles. The molecule has 2 nitrogen and oxygen atoms in total. The van der Waals surface area contributed by atoms with Gasteiger partial charge in [-0.2, -0.15) is 0 Å². The van der Waals surface area contributed by atoms with E-state index in [-0.39, 0.29) is 0 Å². The van der Waals surface area contributed by atoms with Crippen LogP contribution in [0, 0.1) is 11.3 Å². The Morgan fingerprint density at radius 1 is 2.00 bits per heavy atom. The molecular weight excluding hydrogens is 128 g/mol. The third kappa shape index (κ3) is 0.939. The molecule has 0 aromatic rings. The van der Waals surface area contributed by atoms with Crippen LogP contribution in [0.25, 0.3) is 0 Å². The highest BCUT2D eigenvalue weighted by molar-refractivity contribution is 5.78. The summed E-state index contributed by atoms with van der Waals surface area (Å²) in [5.41, 5.74) is -0.436. The van der Waals surface area contributed by atoms with Crippen LogP contribution in [-0.4, -0.2) is 11.1 Å². The van der Waals surface area contributed by atoms with Gasteiger partial charge in [0.25, 0.3) is 0 Å². The molecule has 0 amide bonds. The zero-order chi connectivity index (χ0) is 7.78. The van der Waals surface area contributed by atoms with E-state index in [1.165, 1.54) is 0 Å². The molecule has 0 radical (unpaired) electrons. The van der Waals surface area contributed by atoms with Gasteiger partial charge in [0.2, 0.25) is 0 Å². The summed E-state index contributed by atoms with van der Waals surface area (Å²) in [6, 6.07) is 0. The first-order valence-corrected chi connectivity index (χ1v) is 3.45. The molecule has 2 atom stereocenters. The summed E-state index contributed by atoms with van der Waals surface area (Å²) >= 11 is 0. The van der Waals surface area contributed by atoms with Crippen molar-refractivity contribution >= 4 is 5.97 Å². The van der Waals surface area contributed by atoms with Crippen LogP contribution in [0.2, 0.25) is 0 Å².